The van der Waals surface area contributed by atoms with Gasteiger partial charge in [0.15, 0.2) is 17.3 Å². The molecule has 0 saturated heterocycles. The molecule has 0 aliphatic heterocycles. The number of fused-ring (bicyclic) bond motifs is 1. The first-order chi connectivity index (χ1) is 13.1. The maximum Gasteiger partial charge on any atom is 0.277 e. The smallest absolute Gasteiger partial charge is 0.277 e. The number of Topliss-reactive ketones (excluding diaryl/α,β-unsaturated/α-hetero) is 1. The van der Waals surface area contributed by atoms with Gasteiger partial charge in [-0.15, -0.1) is 10.2 Å². The number of ketones is 1. The number of hydrogen-bond donors (Lipinski definition) is 0. The fraction of sp³-hybridized carbons (Fsp3) is 0.211. The summed E-state index contributed by atoms with van der Waals surface area (Å²) >= 11 is 1.17. The number of carbonyl (C=O) groups is 1. The molecule has 6 nitrogen and oxygen atoms in total. The minimum Gasteiger partial charge on any atom is -0.493 e. The Morgan fingerprint density at radius 2 is 1.85 bits per heavy atom. The lowest BCUT2D eigenvalue weighted by Crippen LogP contribution is -2.11. The van der Waals surface area contributed by atoms with E-state index in [0.29, 0.717) is 23.5 Å². The van der Waals surface area contributed by atoms with Gasteiger partial charge in [-0.1, -0.05) is 23.9 Å². The predicted molar refractivity (Wildman–Crippen MR) is 96.9 cm³/mol. The zero-order valence-corrected chi connectivity index (χ0v) is 15.4. The van der Waals surface area contributed by atoms with Crippen LogP contribution >= 0.6 is 11.8 Å². The molecular formula is C19H15FN2O4S. The highest BCUT2D eigenvalue weighted by atomic mass is 32.2. The zero-order chi connectivity index (χ0) is 19.0. The number of ether oxygens (including phenoxy) is 2. The van der Waals surface area contributed by atoms with Gasteiger partial charge in [-0.2, -0.15) is 0 Å². The van der Waals surface area contributed by atoms with Crippen molar-refractivity contribution in [3.05, 3.63) is 53.3 Å². The Hall–Kier alpha value is -2.87. The lowest BCUT2D eigenvalue weighted by molar-refractivity contribution is 0.0999. The molecule has 0 bridgehead atoms. The van der Waals surface area contributed by atoms with Gasteiger partial charge in [-0.25, -0.2) is 4.39 Å². The van der Waals surface area contributed by atoms with Crippen LogP contribution in [0.1, 0.15) is 15.9 Å². The van der Waals surface area contributed by atoms with Crippen LogP contribution in [0.5, 0.6) is 11.5 Å². The van der Waals surface area contributed by atoms with Crippen LogP contribution in [0.15, 0.2) is 46.0 Å². The van der Waals surface area contributed by atoms with Gasteiger partial charge in [0.2, 0.25) is 0 Å². The molecule has 0 spiro atoms. The lowest BCUT2D eigenvalue weighted by Gasteiger charge is -2.09. The highest BCUT2D eigenvalue weighted by Crippen LogP contribution is 2.40. The van der Waals surface area contributed by atoms with E-state index in [0.717, 1.165) is 5.56 Å². The second-order valence-corrected chi connectivity index (χ2v) is 7.05. The number of methoxy groups -OCH3 is 2. The maximum absolute atomic E-state index is 13.9. The molecule has 0 N–H and O–H groups in total. The van der Waals surface area contributed by atoms with E-state index in [9.17, 15) is 9.18 Å². The molecule has 0 fully saturated rings. The van der Waals surface area contributed by atoms with Gasteiger partial charge in [0, 0.05) is 5.56 Å². The fourth-order valence-corrected chi connectivity index (χ4v) is 3.96. The first-order valence-electron chi connectivity index (χ1n) is 8.15. The van der Waals surface area contributed by atoms with E-state index in [2.05, 4.69) is 10.2 Å². The van der Waals surface area contributed by atoms with E-state index in [1.807, 2.05) is 6.07 Å². The number of hydrogen-bond acceptors (Lipinski definition) is 7. The molecule has 138 valence electrons. The third kappa shape index (κ3) is 3.16. The molecule has 2 aromatic carbocycles. The Balaban J connectivity index is 1.56. The van der Waals surface area contributed by atoms with E-state index >= 15 is 0 Å². The van der Waals surface area contributed by atoms with Crippen LogP contribution in [0.2, 0.25) is 0 Å². The van der Waals surface area contributed by atoms with Crippen molar-refractivity contribution >= 4 is 17.5 Å². The summed E-state index contributed by atoms with van der Waals surface area (Å²) in [6, 6.07) is 9.66. The molecule has 0 saturated carbocycles. The van der Waals surface area contributed by atoms with Gasteiger partial charge >= 0.3 is 0 Å². The summed E-state index contributed by atoms with van der Waals surface area (Å²) in [5.41, 5.74) is 1.70. The van der Waals surface area contributed by atoms with Crippen LogP contribution in [-0.4, -0.2) is 35.5 Å². The van der Waals surface area contributed by atoms with E-state index in [1.54, 1.807) is 31.4 Å². The molecule has 1 aliphatic rings. The van der Waals surface area contributed by atoms with Crippen LogP contribution in [0.3, 0.4) is 0 Å². The number of rotatable bonds is 5. The van der Waals surface area contributed by atoms with E-state index < -0.39 is 11.1 Å². The topological polar surface area (TPSA) is 74.5 Å². The molecule has 3 aromatic rings. The number of halogens is 1. The van der Waals surface area contributed by atoms with Gasteiger partial charge in [-0.3, -0.25) is 4.79 Å². The largest absolute Gasteiger partial charge is 0.493 e. The molecule has 8 heteroatoms. The van der Waals surface area contributed by atoms with Crippen LogP contribution < -0.4 is 9.47 Å². The Labute approximate surface area is 158 Å². The van der Waals surface area contributed by atoms with E-state index in [-0.39, 0.29) is 22.5 Å². The predicted octanol–water partition coefficient (Wildman–Crippen LogP) is 3.79. The number of carbonyl (C=O) groups excluding carboxylic acids is 1. The van der Waals surface area contributed by atoms with Crippen LogP contribution in [0.4, 0.5) is 4.39 Å². The van der Waals surface area contributed by atoms with Crippen LogP contribution in [0, 0.1) is 5.82 Å². The number of benzene rings is 2. The highest BCUT2D eigenvalue weighted by Gasteiger charge is 2.34. The Morgan fingerprint density at radius 3 is 2.59 bits per heavy atom. The summed E-state index contributed by atoms with van der Waals surface area (Å²) in [6.45, 7) is 0. The second-order valence-electron chi connectivity index (χ2n) is 5.89. The Bertz CT molecular complexity index is 1020. The molecule has 0 amide bonds. The minimum atomic E-state index is -0.443. The van der Waals surface area contributed by atoms with Crippen molar-refractivity contribution < 1.29 is 23.1 Å². The third-order valence-electron chi connectivity index (χ3n) is 4.33. The van der Waals surface area contributed by atoms with Crippen molar-refractivity contribution in [1.82, 2.24) is 10.2 Å². The average molecular weight is 386 g/mol. The van der Waals surface area contributed by atoms with Gasteiger partial charge in [-0.05, 0) is 36.2 Å². The van der Waals surface area contributed by atoms with Gasteiger partial charge in [0.1, 0.15) is 5.82 Å². The Kier molecular flexibility index (Phi) is 4.57. The summed E-state index contributed by atoms with van der Waals surface area (Å²) < 4.78 is 30.0. The third-order valence-corrected chi connectivity index (χ3v) is 5.36. The molecule has 27 heavy (non-hydrogen) atoms. The van der Waals surface area contributed by atoms with Crippen molar-refractivity contribution in [3.8, 4) is 23.0 Å². The number of nitrogens with zero attached hydrogens (tertiary/aromatic N) is 2. The average Bonchev–Trinajstić information content (AvgIpc) is 3.26. The highest BCUT2D eigenvalue weighted by molar-refractivity contribution is 8.00. The fourth-order valence-electron chi connectivity index (χ4n) is 3.00. The van der Waals surface area contributed by atoms with Crippen molar-refractivity contribution in [3.63, 3.8) is 0 Å². The summed E-state index contributed by atoms with van der Waals surface area (Å²) in [7, 11) is 3.08. The normalized spacial score (nSPS) is 15.7. The molecule has 1 aromatic heterocycles. The standard InChI is InChI=1S/C19H15FN2O4S/c1-24-14-7-10-8-16(17(23)12(10)9-15(14)25-2)27-19-22-21-18(26-19)11-5-3-4-6-13(11)20/h3-7,9,16H,8H2,1-2H3/t16-/m0/s1. The first kappa shape index (κ1) is 17.5. The minimum absolute atomic E-state index is 0.0402. The van der Waals surface area contributed by atoms with Crippen molar-refractivity contribution in [2.24, 2.45) is 0 Å². The zero-order valence-electron chi connectivity index (χ0n) is 14.6. The summed E-state index contributed by atoms with van der Waals surface area (Å²) in [6.07, 6.45) is 0.511. The van der Waals surface area contributed by atoms with E-state index in [1.165, 1.54) is 24.9 Å². The molecule has 0 radical (unpaired) electrons. The Morgan fingerprint density at radius 1 is 1.11 bits per heavy atom. The number of aromatic nitrogens is 2. The molecule has 0 unspecified atom stereocenters. The summed E-state index contributed by atoms with van der Waals surface area (Å²) in [5.74, 6) is 0.689. The second kappa shape index (κ2) is 7.03. The summed E-state index contributed by atoms with van der Waals surface area (Å²) in [5, 5.41) is 7.65. The van der Waals surface area contributed by atoms with Gasteiger partial charge in [0.25, 0.3) is 11.1 Å². The van der Waals surface area contributed by atoms with Crippen molar-refractivity contribution in [1.29, 1.82) is 0 Å². The van der Waals surface area contributed by atoms with Gasteiger partial charge < -0.3 is 13.9 Å². The first-order valence-corrected chi connectivity index (χ1v) is 9.03. The van der Waals surface area contributed by atoms with Crippen molar-refractivity contribution in [2.45, 2.75) is 16.9 Å². The quantitative estimate of drug-likeness (QED) is 0.660. The molecule has 1 aliphatic carbocycles. The summed E-state index contributed by atoms with van der Waals surface area (Å²) in [4.78, 5) is 12.7. The molecular weight excluding hydrogens is 371 g/mol. The van der Waals surface area contributed by atoms with Crippen LogP contribution in [0.25, 0.3) is 11.5 Å². The molecule has 1 heterocycles. The van der Waals surface area contributed by atoms with Crippen molar-refractivity contribution in [2.75, 3.05) is 14.2 Å². The molecule has 4 rings (SSSR count). The lowest BCUT2D eigenvalue weighted by atomic mass is 10.1. The number of thioether (sulfide) groups is 1. The maximum atomic E-state index is 13.9. The monoisotopic (exact) mass is 386 g/mol. The molecule has 1 atom stereocenters. The van der Waals surface area contributed by atoms with E-state index in [4.69, 9.17) is 13.9 Å². The van der Waals surface area contributed by atoms with Gasteiger partial charge in [0.05, 0.1) is 25.0 Å². The SMILES string of the molecule is COc1cc2c(cc1OC)C(=O)[C@@H](Sc1nnc(-c3ccccc3F)o1)C2. The van der Waals surface area contributed by atoms with Crippen LogP contribution in [-0.2, 0) is 6.42 Å².